The van der Waals surface area contributed by atoms with Crippen molar-refractivity contribution in [1.82, 2.24) is 4.98 Å². The number of hydrogen-bond acceptors (Lipinski definition) is 6. The number of benzene rings is 2. The summed E-state index contributed by atoms with van der Waals surface area (Å²) in [6.45, 7) is 0. The SMILES string of the molecule is O=C1C/C(=N\Nc2nc(-c3cccc(O)c3)cs2)c2ccccc21. The molecule has 0 bridgehead atoms. The summed E-state index contributed by atoms with van der Waals surface area (Å²) in [6, 6.07) is 14.4. The number of carbonyl (C=O) groups is 1. The van der Waals surface area contributed by atoms with E-state index in [9.17, 15) is 9.90 Å². The maximum atomic E-state index is 12.0. The third-order valence-electron chi connectivity index (χ3n) is 3.80. The van der Waals surface area contributed by atoms with E-state index in [1.165, 1.54) is 11.3 Å². The zero-order valence-corrected chi connectivity index (χ0v) is 13.4. The number of phenolic OH excluding ortho intramolecular Hbond substituents is 1. The van der Waals surface area contributed by atoms with Crippen molar-refractivity contribution in [3.05, 3.63) is 65.0 Å². The Morgan fingerprint density at radius 2 is 1.96 bits per heavy atom. The fraction of sp³-hybridized carbons (Fsp3) is 0.0556. The van der Waals surface area contributed by atoms with Crippen molar-refractivity contribution in [1.29, 1.82) is 0 Å². The molecule has 0 amide bonds. The second-order valence-electron chi connectivity index (χ2n) is 5.40. The second kappa shape index (κ2) is 5.90. The monoisotopic (exact) mass is 335 g/mol. The van der Waals surface area contributed by atoms with Gasteiger partial charge in [0.15, 0.2) is 5.78 Å². The van der Waals surface area contributed by atoms with Gasteiger partial charge in [-0.25, -0.2) is 4.98 Å². The lowest BCUT2D eigenvalue weighted by Crippen LogP contribution is -2.00. The molecule has 24 heavy (non-hydrogen) atoms. The van der Waals surface area contributed by atoms with Crippen molar-refractivity contribution < 1.29 is 9.90 Å². The molecule has 1 aliphatic rings. The fourth-order valence-corrected chi connectivity index (χ4v) is 3.32. The molecule has 1 aromatic heterocycles. The van der Waals surface area contributed by atoms with Crippen molar-refractivity contribution >= 4 is 28.0 Å². The van der Waals surface area contributed by atoms with Crippen LogP contribution in [0.15, 0.2) is 59.0 Å². The Kier molecular flexibility index (Phi) is 3.59. The third-order valence-corrected chi connectivity index (χ3v) is 4.55. The molecule has 0 saturated heterocycles. The molecule has 3 aromatic rings. The number of aromatic hydroxyl groups is 1. The highest BCUT2D eigenvalue weighted by Crippen LogP contribution is 2.28. The first-order chi connectivity index (χ1) is 11.7. The Morgan fingerprint density at radius 3 is 2.79 bits per heavy atom. The number of rotatable bonds is 3. The number of nitrogens with zero attached hydrogens (tertiary/aromatic N) is 2. The van der Waals surface area contributed by atoms with Gasteiger partial charge in [-0.2, -0.15) is 5.10 Å². The van der Waals surface area contributed by atoms with Crippen LogP contribution in [0.2, 0.25) is 0 Å². The number of carbonyl (C=O) groups excluding carboxylic acids is 1. The van der Waals surface area contributed by atoms with Crippen LogP contribution in [0.4, 0.5) is 5.13 Å². The van der Waals surface area contributed by atoms with E-state index in [1.807, 2.05) is 35.7 Å². The topological polar surface area (TPSA) is 74.6 Å². The number of anilines is 1. The van der Waals surface area contributed by atoms with Crippen LogP contribution in [0.25, 0.3) is 11.3 Å². The standard InChI is InChI=1S/C18H13N3O2S/c22-12-5-3-4-11(8-12)16-10-24-18(19-16)21-20-15-9-17(23)14-7-2-1-6-13(14)15/h1-8,10,22H,9H2,(H,19,21)/b20-15+. The van der Waals surface area contributed by atoms with Crippen molar-refractivity contribution in [2.24, 2.45) is 5.10 Å². The third kappa shape index (κ3) is 2.68. The highest BCUT2D eigenvalue weighted by atomic mass is 32.1. The van der Waals surface area contributed by atoms with E-state index in [2.05, 4.69) is 15.5 Å². The van der Waals surface area contributed by atoms with Gasteiger partial charge in [-0.05, 0) is 12.1 Å². The number of hydrazone groups is 1. The maximum Gasteiger partial charge on any atom is 0.203 e. The van der Waals surface area contributed by atoms with Crippen LogP contribution in [0.5, 0.6) is 5.75 Å². The molecule has 2 N–H and O–H groups in total. The number of aromatic nitrogens is 1. The Balaban J connectivity index is 1.56. The number of phenols is 1. The van der Waals surface area contributed by atoms with Crippen LogP contribution >= 0.6 is 11.3 Å². The predicted octanol–water partition coefficient (Wildman–Crippen LogP) is 3.92. The van der Waals surface area contributed by atoms with Gasteiger partial charge in [-0.3, -0.25) is 10.2 Å². The highest BCUT2D eigenvalue weighted by Gasteiger charge is 2.24. The van der Waals surface area contributed by atoms with Gasteiger partial charge in [0, 0.05) is 22.1 Å². The maximum absolute atomic E-state index is 12.0. The molecule has 0 radical (unpaired) electrons. The number of thiazole rings is 1. The minimum absolute atomic E-state index is 0.0886. The van der Waals surface area contributed by atoms with Gasteiger partial charge in [-0.15, -0.1) is 11.3 Å². The second-order valence-corrected chi connectivity index (χ2v) is 6.26. The Morgan fingerprint density at radius 1 is 1.12 bits per heavy atom. The lowest BCUT2D eigenvalue weighted by Gasteiger charge is -2.00. The summed E-state index contributed by atoms with van der Waals surface area (Å²) in [5.41, 5.74) is 6.86. The Hall–Kier alpha value is -2.99. The van der Waals surface area contributed by atoms with Crippen LogP contribution in [0.1, 0.15) is 22.3 Å². The summed E-state index contributed by atoms with van der Waals surface area (Å²) in [5, 5.41) is 16.4. The number of ketones is 1. The minimum atomic E-state index is 0.0886. The van der Waals surface area contributed by atoms with E-state index >= 15 is 0 Å². The molecule has 0 fully saturated rings. The van der Waals surface area contributed by atoms with E-state index in [-0.39, 0.29) is 11.5 Å². The fourth-order valence-electron chi connectivity index (χ4n) is 2.66. The molecule has 0 spiro atoms. The van der Waals surface area contributed by atoms with Gasteiger partial charge in [0.1, 0.15) is 5.75 Å². The van der Waals surface area contributed by atoms with E-state index in [0.29, 0.717) is 11.6 Å². The van der Waals surface area contributed by atoms with Crippen LogP contribution in [-0.4, -0.2) is 21.6 Å². The number of nitrogens with one attached hydrogen (secondary N) is 1. The summed E-state index contributed by atoms with van der Waals surface area (Å²) in [4.78, 5) is 16.4. The summed E-state index contributed by atoms with van der Waals surface area (Å²) in [6.07, 6.45) is 0.303. The minimum Gasteiger partial charge on any atom is -0.508 e. The Labute approximate surface area is 142 Å². The van der Waals surface area contributed by atoms with Crippen LogP contribution in [0.3, 0.4) is 0 Å². The number of hydrogen-bond donors (Lipinski definition) is 2. The predicted molar refractivity (Wildman–Crippen MR) is 94.8 cm³/mol. The van der Waals surface area contributed by atoms with E-state index < -0.39 is 0 Å². The average Bonchev–Trinajstić information content (AvgIpc) is 3.19. The van der Waals surface area contributed by atoms with Crippen molar-refractivity contribution in [2.45, 2.75) is 6.42 Å². The largest absolute Gasteiger partial charge is 0.508 e. The summed E-state index contributed by atoms with van der Waals surface area (Å²) < 4.78 is 0. The van der Waals surface area contributed by atoms with E-state index in [0.717, 1.165) is 28.1 Å². The first kappa shape index (κ1) is 14.6. The van der Waals surface area contributed by atoms with Gasteiger partial charge < -0.3 is 5.11 Å². The van der Waals surface area contributed by atoms with Gasteiger partial charge >= 0.3 is 0 Å². The molecule has 118 valence electrons. The zero-order valence-electron chi connectivity index (χ0n) is 12.6. The normalized spacial score (nSPS) is 14.8. The summed E-state index contributed by atoms with van der Waals surface area (Å²) in [7, 11) is 0. The molecule has 0 atom stereocenters. The molecular weight excluding hydrogens is 322 g/mol. The molecule has 1 aliphatic carbocycles. The van der Waals surface area contributed by atoms with Crippen molar-refractivity contribution in [2.75, 3.05) is 5.43 Å². The average molecular weight is 335 g/mol. The van der Waals surface area contributed by atoms with Crippen LogP contribution < -0.4 is 5.43 Å². The van der Waals surface area contributed by atoms with Crippen molar-refractivity contribution in [3.8, 4) is 17.0 Å². The molecule has 2 aromatic carbocycles. The van der Waals surface area contributed by atoms with E-state index in [1.54, 1.807) is 18.2 Å². The number of fused-ring (bicyclic) bond motifs is 1. The molecule has 1 heterocycles. The van der Waals surface area contributed by atoms with Gasteiger partial charge in [0.25, 0.3) is 0 Å². The first-order valence-corrected chi connectivity index (χ1v) is 8.29. The van der Waals surface area contributed by atoms with Crippen LogP contribution in [0, 0.1) is 0 Å². The number of Topliss-reactive ketones (excluding diaryl/α,β-unsaturated/α-hetero) is 1. The quantitative estimate of drug-likeness (QED) is 0.712. The summed E-state index contributed by atoms with van der Waals surface area (Å²) >= 11 is 1.42. The Bertz CT molecular complexity index is 962. The molecule has 0 saturated carbocycles. The van der Waals surface area contributed by atoms with Gasteiger partial charge in [-0.1, -0.05) is 36.4 Å². The lowest BCUT2D eigenvalue weighted by molar-refractivity contribution is 0.101. The summed E-state index contributed by atoms with van der Waals surface area (Å²) in [5.74, 6) is 0.294. The van der Waals surface area contributed by atoms with Gasteiger partial charge in [0.05, 0.1) is 17.8 Å². The highest BCUT2D eigenvalue weighted by molar-refractivity contribution is 7.14. The lowest BCUT2D eigenvalue weighted by atomic mass is 10.1. The zero-order chi connectivity index (χ0) is 16.5. The molecule has 0 aliphatic heterocycles. The van der Waals surface area contributed by atoms with Gasteiger partial charge in [0.2, 0.25) is 5.13 Å². The van der Waals surface area contributed by atoms with Crippen molar-refractivity contribution in [3.63, 3.8) is 0 Å². The molecular formula is C18H13N3O2S. The molecule has 0 unspecified atom stereocenters. The first-order valence-electron chi connectivity index (χ1n) is 7.41. The molecule has 6 heteroatoms. The van der Waals surface area contributed by atoms with E-state index in [4.69, 9.17) is 0 Å². The van der Waals surface area contributed by atoms with Crippen LogP contribution in [-0.2, 0) is 0 Å². The molecule has 4 rings (SSSR count). The smallest absolute Gasteiger partial charge is 0.203 e. The molecule has 5 nitrogen and oxygen atoms in total.